The molecule has 0 spiro atoms. The molecule has 0 aliphatic carbocycles. The third kappa shape index (κ3) is 2.94. The molecule has 2 atom stereocenters. The number of benzene rings is 1. The minimum Gasteiger partial charge on any atom is -0.385 e. The highest BCUT2D eigenvalue weighted by molar-refractivity contribution is 5.43. The van der Waals surface area contributed by atoms with Crippen molar-refractivity contribution >= 4 is 0 Å². The molecule has 8 heteroatoms. The molecule has 0 aromatic heterocycles. The summed E-state index contributed by atoms with van der Waals surface area (Å²) in [5.74, 6) is 0. The molecule has 0 amide bonds. The smallest absolute Gasteiger partial charge is 0.385 e. The monoisotopic (exact) mass is 340 g/mol. The molecule has 0 saturated carbocycles. The summed E-state index contributed by atoms with van der Waals surface area (Å²) >= 11 is 0. The number of fused-ring (bicyclic) bond motifs is 2. The van der Waals surface area contributed by atoms with Gasteiger partial charge in [0.15, 0.2) is 0 Å². The average molecular weight is 340 g/mol. The van der Waals surface area contributed by atoms with Crippen LogP contribution in [0.15, 0.2) is 18.2 Å². The number of aliphatic hydroxyl groups is 1. The first-order valence-electron chi connectivity index (χ1n) is 7.16. The Kier molecular flexibility index (Phi) is 3.68. The zero-order chi connectivity index (χ0) is 17.0. The Morgan fingerprint density at radius 2 is 1.35 bits per heavy atom. The van der Waals surface area contributed by atoms with E-state index in [0.717, 1.165) is 0 Å². The van der Waals surface area contributed by atoms with Gasteiger partial charge in [-0.3, -0.25) is 0 Å². The van der Waals surface area contributed by atoms with Crippen LogP contribution in [0.3, 0.4) is 0 Å². The SMILES string of the molecule is OC1(c2c(C(F)(F)F)cccc2C(F)(F)F)CC2CCC(C1)O2. The molecule has 128 valence electrons. The van der Waals surface area contributed by atoms with Crippen LogP contribution < -0.4 is 0 Å². The summed E-state index contributed by atoms with van der Waals surface area (Å²) in [6.07, 6.45) is -10.5. The molecule has 1 aromatic carbocycles. The van der Waals surface area contributed by atoms with E-state index in [9.17, 15) is 31.4 Å². The second kappa shape index (κ2) is 5.11. The molecule has 0 radical (unpaired) electrons. The lowest BCUT2D eigenvalue weighted by Crippen LogP contribution is -2.41. The Labute approximate surface area is 128 Å². The van der Waals surface area contributed by atoms with Gasteiger partial charge < -0.3 is 9.84 Å². The van der Waals surface area contributed by atoms with Crippen LogP contribution >= 0.6 is 0 Å². The Balaban J connectivity index is 2.20. The van der Waals surface area contributed by atoms with Gasteiger partial charge in [0.05, 0.1) is 28.9 Å². The summed E-state index contributed by atoms with van der Waals surface area (Å²) in [6, 6.07) is 1.88. The summed E-state index contributed by atoms with van der Waals surface area (Å²) in [5, 5.41) is 10.7. The van der Waals surface area contributed by atoms with E-state index in [2.05, 4.69) is 0 Å². The largest absolute Gasteiger partial charge is 0.416 e. The molecule has 3 rings (SSSR count). The molecule has 2 fully saturated rings. The first-order chi connectivity index (χ1) is 10.5. The van der Waals surface area contributed by atoms with E-state index in [1.165, 1.54) is 0 Å². The molecule has 1 aromatic rings. The minimum absolute atomic E-state index is 0.264. The zero-order valence-corrected chi connectivity index (χ0v) is 11.8. The van der Waals surface area contributed by atoms with Crippen molar-refractivity contribution in [3.63, 3.8) is 0 Å². The minimum atomic E-state index is -4.98. The summed E-state index contributed by atoms with van der Waals surface area (Å²) in [4.78, 5) is 0. The van der Waals surface area contributed by atoms with Crippen molar-refractivity contribution in [2.45, 2.75) is 55.8 Å². The fraction of sp³-hybridized carbons (Fsp3) is 0.600. The highest BCUT2D eigenvalue weighted by Gasteiger charge is 2.52. The summed E-state index contributed by atoms with van der Waals surface area (Å²) in [5.41, 5.74) is -6.13. The van der Waals surface area contributed by atoms with E-state index in [1.807, 2.05) is 0 Å². The highest BCUT2D eigenvalue weighted by Crippen LogP contribution is 2.50. The Morgan fingerprint density at radius 1 is 0.913 bits per heavy atom. The van der Waals surface area contributed by atoms with E-state index in [1.54, 1.807) is 0 Å². The molecule has 2 aliphatic heterocycles. The Bertz CT molecular complexity index is 563. The zero-order valence-electron chi connectivity index (χ0n) is 11.8. The quantitative estimate of drug-likeness (QED) is 0.775. The van der Waals surface area contributed by atoms with Gasteiger partial charge in [-0.2, -0.15) is 26.3 Å². The average Bonchev–Trinajstić information content (AvgIpc) is 2.76. The molecule has 2 bridgehead atoms. The molecule has 2 aliphatic rings. The lowest BCUT2D eigenvalue weighted by molar-refractivity contribution is -0.159. The number of alkyl halides is 6. The molecular formula is C15H14F6O2. The molecule has 2 nitrogen and oxygen atoms in total. The first kappa shape index (κ1) is 16.6. The van der Waals surface area contributed by atoms with Gasteiger partial charge >= 0.3 is 12.4 Å². The van der Waals surface area contributed by atoms with Crippen LogP contribution in [-0.2, 0) is 22.7 Å². The van der Waals surface area contributed by atoms with Gasteiger partial charge in [-0.1, -0.05) is 6.07 Å². The fourth-order valence-corrected chi connectivity index (χ4v) is 3.65. The lowest BCUT2D eigenvalue weighted by atomic mass is 9.78. The van der Waals surface area contributed by atoms with Crippen molar-refractivity contribution in [2.24, 2.45) is 0 Å². The number of ether oxygens (including phenoxy) is 1. The Morgan fingerprint density at radius 3 is 1.74 bits per heavy atom. The van der Waals surface area contributed by atoms with Crippen molar-refractivity contribution in [1.82, 2.24) is 0 Å². The van der Waals surface area contributed by atoms with Crippen LogP contribution in [0.25, 0.3) is 0 Å². The van der Waals surface area contributed by atoms with Gasteiger partial charge in [-0.25, -0.2) is 0 Å². The highest BCUT2D eigenvalue weighted by atomic mass is 19.4. The second-order valence-corrected chi connectivity index (χ2v) is 6.12. The van der Waals surface area contributed by atoms with Crippen LogP contribution in [0.1, 0.15) is 42.4 Å². The van der Waals surface area contributed by atoms with E-state index in [0.29, 0.717) is 31.0 Å². The molecule has 2 saturated heterocycles. The first-order valence-corrected chi connectivity index (χ1v) is 7.16. The maximum Gasteiger partial charge on any atom is 0.416 e. The number of rotatable bonds is 1. The summed E-state index contributed by atoms with van der Waals surface area (Å²) in [6.45, 7) is 0. The van der Waals surface area contributed by atoms with Crippen LogP contribution in [0.4, 0.5) is 26.3 Å². The number of hydrogen-bond acceptors (Lipinski definition) is 2. The number of hydrogen-bond donors (Lipinski definition) is 1. The normalized spacial score (nSPS) is 31.4. The van der Waals surface area contributed by atoms with Gasteiger partial charge in [-0.05, 0) is 25.0 Å². The third-order valence-electron chi connectivity index (χ3n) is 4.47. The Hall–Kier alpha value is -1.28. The van der Waals surface area contributed by atoms with Gasteiger partial charge in [-0.15, -0.1) is 0 Å². The molecular weight excluding hydrogens is 326 g/mol. The van der Waals surface area contributed by atoms with E-state index in [4.69, 9.17) is 4.74 Å². The van der Waals surface area contributed by atoms with Crippen molar-refractivity contribution < 1.29 is 36.2 Å². The second-order valence-electron chi connectivity index (χ2n) is 6.12. The summed E-state index contributed by atoms with van der Waals surface area (Å²) < 4.78 is 84.9. The predicted molar refractivity (Wildman–Crippen MR) is 67.5 cm³/mol. The van der Waals surface area contributed by atoms with E-state index >= 15 is 0 Å². The molecule has 1 N–H and O–H groups in total. The molecule has 23 heavy (non-hydrogen) atoms. The van der Waals surface area contributed by atoms with Gasteiger partial charge in [0.1, 0.15) is 0 Å². The predicted octanol–water partition coefficient (Wildman–Crippen LogP) is 4.25. The van der Waals surface area contributed by atoms with E-state index < -0.39 is 46.9 Å². The maximum atomic E-state index is 13.2. The van der Waals surface area contributed by atoms with Crippen molar-refractivity contribution in [1.29, 1.82) is 0 Å². The topological polar surface area (TPSA) is 29.5 Å². The number of halogens is 6. The van der Waals surface area contributed by atoms with Gasteiger partial charge in [0.2, 0.25) is 0 Å². The van der Waals surface area contributed by atoms with Crippen LogP contribution in [-0.4, -0.2) is 17.3 Å². The standard InChI is InChI=1S/C15H14F6O2/c16-14(17,18)10-2-1-3-11(15(19,20)21)12(10)13(22)6-8-4-5-9(7-13)23-8/h1-3,8-9,22H,4-7H2. The van der Waals surface area contributed by atoms with Crippen molar-refractivity contribution in [3.05, 3.63) is 34.9 Å². The molecule has 2 unspecified atom stereocenters. The lowest BCUT2D eigenvalue weighted by Gasteiger charge is -2.39. The van der Waals surface area contributed by atoms with Crippen LogP contribution in [0.2, 0.25) is 0 Å². The maximum absolute atomic E-state index is 13.2. The van der Waals surface area contributed by atoms with Crippen molar-refractivity contribution in [2.75, 3.05) is 0 Å². The van der Waals surface area contributed by atoms with E-state index in [-0.39, 0.29) is 12.8 Å². The van der Waals surface area contributed by atoms with Crippen LogP contribution in [0.5, 0.6) is 0 Å². The fourth-order valence-electron chi connectivity index (χ4n) is 3.65. The van der Waals surface area contributed by atoms with Gasteiger partial charge in [0, 0.05) is 18.4 Å². The molecule has 2 heterocycles. The van der Waals surface area contributed by atoms with Gasteiger partial charge in [0.25, 0.3) is 0 Å². The third-order valence-corrected chi connectivity index (χ3v) is 4.47. The summed E-state index contributed by atoms with van der Waals surface area (Å²) in [7, 11) is 0. The van der Waals surface area contributed by atoms with Crippen molar-refractivity contribution in [3.8, 4) is 0 Å². The van der Waals surface area contributed by atoms with Crippen LogP contribution in [0, 0.1) is 0 Å².